The molecule has 0 N–H and O–H groups in total. The van der Waals surface area contributed by atoms with Gasteiger partial charge in [0.25, 0.3) is 0 Å². The van der Waals surface area contributed by atoms with Crippen LogP contribution >= 0.6 is 8.60 Å². The van der Waals surface area contributed by atoms with Crippen molar-refractivity contribution in [2.45, 2.75) is 13.2 Å². The van der Waals surface area contributed by atoms with E-state index in [4.69, 9.17) is 9.05 Å². The van der Waals surface area contributed by atoms with Crippen LogP contribution in [0.25, 0.3) is 0 Å². The predicted molar refractivity (Wildman–Crippen MR) is 75.1 cm³/mol. The summed E-state index contributed by atoms with van der Waals surface area (Å²) < 4.78 is 10.3. The van der Waals surface area contributed by atoms with Crippen molar-refractivity contribution >= 4 is 31.7 Å². The van der Waals surface area contributed by atoms with Crippen LogP contribution in [0.15, 0.2) is 60.7 Å². The average molecular weight is 321 g/mol. The Kier molecular flexibility index (Phi) is 11.4. The van der Waals surface area contributed by atoms with Crippen LogP contribution in [-0.4, -0.2) is 23.1 Å². The van der Waals surface area contributed by atoms with Gasteiger partial charge in [0, 0.05) is 0 Å². The Morgan fingerprint density at radius 1 is 0.750 bits per heavy atom. The SMILES string of the molecule is [Cl-].[Mg+2].[O-]P(OCc1ccccc1)OCc1ccccc1. The normalized spacial score (nSPS) is 9.70. The zero-order valence-electron chi connectivity index (χ0n) is 10.9. The molecule has 0 unspecified atom stereocenters. The average Bonchev–Trinajstić information content (AvgIpc) is 2.45. The fourth-order valence-corrected chi connectivity index (χ4v) is 2.02. The van der Waals surface area contributed by atoms with Gasteiger partial charge in [0.15, 0.2) is 0 Å². The molecule has 0 fully saturated rings. The van der Waals surface area contributed by atoms with Gasteiger partial charge in [-0.15, -0.1) is 0 Å². The third kappa shape index (κ3) is 7.55. The fraction of sp³-hybridized carbons (Fsp3) is 0.143. The van der Waals surface area contributed by atoms with Gasteiger partial charge in [-0.1, -0.05) is 60.7 Å². The molecule has 2 aromatic carbocycles. The summed E-state index contributed by atoms with van der Waals surface area (Å²) in [6.07, 6.45) is 0. The van der Waals surface area contributed by atoms with Crippen molar-refractivity contribution in [1.29, 1.82) is 0 Å². The van der Waals surface area contributed by atoms with Crippen LogP contribution in [0, 0.1) is 0 Å². The molecule has 0 atom stereocenters. The number of rotatable bonds is 6. The molecule has 102 valence electrons. The largest absolute Gasteiger partial charge is 2.00 e. The number of halogens is 1. The Balaban J connectivity index is 0.00000180. The van der Waals surface area contributed by atoms with Gasteiger partial charge in [0.1, 0.15) is 0 Å². The molecule has 0 radical (unpaired) electrons. The second-order valence-corrected chi connectivity index (χ2v) is 4.71. The summed E-state index contributed by atoms with van der Waals surface area (Å²) in [4.78, 5) is 11.5. The quantitative estimate of drug-likeness (QED) is 0.539. The monoisotopic (exact) mass is 320 g/mol. The van der Waals surface area contributed by atoms with Crippen LogP contribution in [-0.2, 0) is 22.3 Å². The van der Waals surface area contributed by atoms with E-state index in [0.717, 1.165) is 11.1 Å². The molecule has 0 saturated heterocycles. The molecule has 0 bridgehead atoms. The molecule has 6 heteroatoms. The van der Waals surface area contributed by atoms with E-state index < -0.39 is 8.60 Å². The summed E-state index contributed by atoms with van der Waals surface area (Å²) in [6, 6.07) is 19.2. The van der Waals surface area contributed by atoms with Crippen LogP contribution in [0.2, 0.25) is 0 Å². The predicted octanol–water partition coefficient (Wildman–Crippen LogP) is -0.370. The smallest absolute Gasteiger partial charge is 1.00 e. The van der Waals surface area contributed by atoms with E-state index in [-0.39, 0.29) is 35.5 Å². The fourth-order valence-electron chi connectivity index (χ4n) is 1.44. The van der Waals surface area contributed by atoms with Gasteiger partial charge in [0.05, 0.1) is 21.8 Å². The summed E-state index contributed by atoms with van der Waals surface area (Å²) in [5, 5.41) is 0. The minimum Gasteiger partial charge on any atom is -1.00 e. The van der Waals surface area contributed by atoms with Gasteiger partial charge in [-0.2, -0.15) is 0 Å². The van der Waals surface area contributed by atoms with Crippen molar-refractivity contribution in [3.8, 4) is 0 Å². The maximum atomic E-state index is 11.5. The van der Waals surface area contributed by atoms with E-state index in [2.05, 4.69) is 0 Å². The molecule has 3 nitrogen and oxygen atoms in total. The summed E-state index contributed by atoms with van der Waals surface area (Å²) in [7, 11) is -2.08. The van der Waals surface area contributed by atoms with E-state index >= 15 is 0 Å². The third-order valence-corrected chi connectivity index (χ3v) is 3.04. The molecule has 0 amide bonds. The molecule has 0 aliphatic carbocycles. The standard InChI is InChI=1S/C14H14O3P.ClH.Mg/c15-18(16-11-13-7-3-1-4-8-13)17-12-14-9-5-2-6-10-14;;/h1-10H,11-12H2;1H;/q-1;;+2/p-1. The number of hydrogen-bond donors (Lipinski definition) is 0. The molecule has 0 spiro atoms. The van der Waals surface area contributed by atoms with Crippen LogP contribution < -0.4 is 17.3 Å². The first-order valence-corrected chi connectivity index (χ1v) is 6.75. The number of hydrogen-bond acceptors (Lipinski definition) is 3. The van der Waals surface area contributed by atoms with Crippen LogP contribution in [0.4, 0.5) is 0 Å². The topological polar surface area (TPSA) is 41.5 Å². The molecule has 0 aromatic heterocycles. The van der Waals surface area contributed by atoms with Gasteiger partial charge < -0.3 is 26.3 Å². The molecular weight excluding hydrogens is 307 g/mol. The minimum atomic E-state index is -2.08. The molecule has 2 aromatic rings. The second-order valence-electron chi connectivity index (χ2n) is 3.74. The van der Waals surface area contributed by atoms with E-state index in [1.54, 1.807) is 0 Å². The molecule has 0 saturated carbocycles. The Morgan fingerprint density at radius 2 is 1.10 bits per heavy atom. The third-order valence-electron chi connectivity index (χ3n) is 2.36. The van der Waals surface area contributed by atoms with Gasteiger partial charge >= 0.3 is 23.1 Å². The van der Waals surface area contributed by atoms with E-state index in [1.165, 1.54) is 0 Å². The first-order chi connectivity index (χ1) is 8.84. The molecule has 0 aliphatic rings. The second kappa shape index (κ2) is 11.5. The minimum absolute atomic E-state index is 0. The Labute approximate surface area is 142 Å². The maximum absolute atomic E-state index is 11.5. The molecule has 0 aliphatic heterocycles. The first-order valence-electron chi connectivity index (χ1n) is 5.65. The van der Waals surface area contributed by atoms with Crippen molar-refractivity contribution in [1.82, 2.24) is 0 Å². The molecule has 0 heterocycles. The van der Waals surface area contributed by atoms with Crippen molar-refractivity contribution in [3.63, 3.8) is 0 Å². The summed E-state index contributed by atoms with van der Waals surface area (Å²) in [6.45, 7) is 0.593. The van der Waals surface area contributed by atoms with E-state index in [1.807, 2.05) is 60.7 Å². The number of benzene rings is 2. The van der Waals surface area contributed by atoms with Crippen LogP contribution in [0.1, 0.15) is 11.1 Å². The molecular formula is C14H14ClMgO3P. The van der Waals surface area contributed by atoms with Gasteiger partial charge in [-0.25, -0.2) is 0 Å². The van der Waals surface area contributed by atoms with Gasteiger partial charge in [-0.05, 0) is 11.1 Å². The first kappa shape index (κ1) is 19.8. The van der Waals surface area contributed by atoms with Crippen molar-refractivity contribution < 1.29 is 26.3 Å². The van der Waals surface area contributed by atoms with E-state index in [9.17, 15) is 4.89 Å². The summed E-state index contributed by atoms with van der Waals surface area (Å²) in [5.41, 5.74) is 1.95. The summed E-state index contributed by atoms with van der Waals surface area (Å²) in [5.74, 6) is 0. The van der Waals surface area contributed by atoms with Gasteiger partial charge in [0.2, 0.25) is 0 Å². The van der Waals surface area contributed by atoms with Gasteiger partial charge in [-0.3, -0.25) is 0 Å². The maximum Gasteiger partial charge on any atom is 2.00 e. The van der Waals surface area contributed by atoms with Crippen molar-refractivity contribution in [2.24, 2.45) is 0 Å². The molecule has 2 rings (SSSR count). The van der Waals surface area contributed by atoms with E-state index in [0.29, 0.717) is 13.2 Å². The zero-order chi connectivity index (χ0) is 12.6. The van der Waals surface area contributed by atoms with Crippen LogP contribution in [0.3, 0.4) is 0 Å². The van der Waals surface area contributed by atoms with Crippen molar-refractivity contribution in [3.05, 3.63) is 71.8 Å². The summed E-state index contributed by atoms with van der Waals surface area (Å²) >= 11 is 0. The molecule has 20 heavy (non-hydrogen) atoms. The Morgan fingerprint density at radius 3 is 1.45 bits per heavy atom. The van der Waals surface area contributed by atoms with Crippen molar-refractivity contribution in [2.75, 3.05) is 0 Å². The Bertz CT molecular complexity index is 415. The Hall–Kier alpha value is -0.194. The zero-order valence-corrected chi connectivity index (χ0v) is 14.0. The van der Waals surface area contributed by atoms with Crippen LogP contribution in [0.5, 0.6) is 0 Å².